The van der Waals surface area contributed by atoms with Gasteiger partial charge in [0, 0.05) is 0 Å². The predicted molar refractivity (Wildman–Crippen MR) is 125 cm³/mol. The molecule has 0 spiro atoms. The highest BCUT2D eigenvalue weighted by molar-refractivity contribution is 5.83. The zero-order chi connectivity index (χ0) is 24.6. The molecule has 1 atom stereocenters. The van der Waals surface area contributed by atoms with E-state index in [1.54, 1.807) is 30.3 Å². The number of fused-ring (bicyclic) bond motifs is 2. The second kappa shape index (κ2) is 8.70. The van der Waals surface area contributed by atoms with E-state index in [0.717, 1.165) is 10.7 Å². The van der Waals surface area contributed by atoms with Crippen LogP contribution in [0.2, 0.25) is 0 Å². The van der Waals surface area contributed by atoms with Crippen LogP contribution in [-0.2, 0) is 6.18 Å². The Kier molecular flexibility index (Phi) is 5.55. The van der Waals surface area contributed by atoms with E-state index in [0.29, 0.717) is 29.1 Å². The Hall–Kier alpha value is -4.48. The first kappa shape index (κ1) is 22.3. The SMILES string of the molecule is CCC(Nc1ncnc2nc[nH]c12)c1nc2cccc(C(F)(F)F)c2c(=O)n1Nc1ccccc1. The Morgan fingerprint density at radius 3 is 2.60 bits per heavy atom. The molecule has 0 fully saturated rings. The molecule has 0 amide bonds. The van der Waals surface area contributed by atoms with Crippen molar-refractivity contribution in [3.8, 4) is 0 Å². The van der Waals surface area contributed by atoms with Crippen LogP contribution in [0.3, 0.4) is 0 Å². The summed E-state index contributed by atoms with van der Waals surface area (Å²) in [5.74, 6) is 0.614. The maximum absolute atomic E-state index is 13.8. The molecular formula is C23H19F3N8O. The Labute approximate surface area is 196 Å². The number of nitrogens with one attached hydrogen (secondary N) is 3. The first-order chi connectivity index (χ1) is 16.9. The Morgan fingerprint density at radius 1 is 1.06 bits per heavy atom. The number of H-pyrrole nitrogens is 1. The number of rotatable bonds is 6. The van der Waals surface area contributed by atoms with Crippen molar-refractivity contribution in [3.63, 3.8) is 0 Å². The van der Waals surface area contributed by atoms with Crippen LogP contribution in [0, 0.1) is 0 Å². The van der Waals surface area contributed by atoms with Crippen molar-refractivity contribution < 1.29 is 13.2 Å². The Balaban J connectivity index is 1.71. The van der Waals surface area contributed by atoms with Crippen molar-refractivity contribution in [1.82, 2.24) is 29.6 Å². The topological polar surface area (TPSA) is 113 Å². The number of alkyl halides is 3. The molecule has 0 saturated heterocycles. The summed E-state index contributed by atoms with van der Waals surface area (Å²) in [5.41, 5.74) is 2.47. The number of imidazole rings is 1. The van der Waals surface area contributed by atoms with E-state index in [9.17, 15) is 18.0 Å². The molecule has 1 unspecified atom stereocenters. The van der Waals surface area contributed by atoms with E-state index in [-0.39, 0.29) is 11.3 Å². The van der Waals surface area contributed by atoms with Crippen molar-refractivity contribution in [2.75, 3.05) is 10.7 Å². The summed E-state index contributed by atoms with van der Waals surface area (Å²) in [6.07, 6.45) is -1.46. The van der Waals surface area contributed by atoms with Crippen LogP contribution in [0.5, 0.6) is 0 Å². The number of nitrogens with zero attached hydrogens (tertiary/aromatic N) is 5. The summed E-state index contributed by atoms with van der Waals surface area (Å²) < 4.78 is 42.3. The van der Waals surface area contributed by atoms with E-state index in [4.69, 9.17) is 0 Å². The maximum Gasteiger partial charge on any atom is 0.417 e. The summed E-state index contributed by atoms with van der Waals surface area (Å²) in [5, 5.41) is 2.72. The molecule has 3 aromatic heterocycles. The van der Waals surface area contributed by atoms with Gasteiger partial charge in [0.1, 0.15) is 11.8 Å². The summed E-state index contributed by atoms with van der Waals surface area (Å²) in [4.78, 5) is 33.5. The second-order valence-electron chi connectivity index (χ2n) is 7.71. The first-order valence-electron chi connectivity index (χ1n) is 10.7. The van der Waals surface area contributed by atoms with E-state index >= 15 is 0 Å². The summed E-state index contributed by atoms with van der Waals surface area (Å²) in [7, 11) is 0. The van der Waals surface area contributed by atoms with Crippen LogP contribution in [-0.4, -0.2) is 29.6 Å². The Morgan fingerprint density at radius 2 is 1.86 bits per heavy atom. The van der Waals surface area contributed by atoms with Gasteiger partial charge >= 0.3 is 6.18 Å². The quantitative estimate of drug-likeness (QED) is 0.327. The lowest BCUT2D eigenvalue weighted by atomic mass is 10.1. The third-order valence-electron chi connectivity index (χ3n) is 5.50. The fourth-order valence-corrected chi connectivity index (χ4v) is 3.86. The molecule has 35 heavy (non-hydrogen) atoms. The molecule has 0 aliphatic heterocycles. The number of aromatic amines is 1. The van der Waals surface area contributed by atoms with Crippen LogP contribution >= 0.6 is 0 Å². The summed E-state index contributed by atoms with van der Waals surface area (Å²) in [6.45, 7) is 1.86. The molecule has 0 radical (unpaired) electrons. The Bertz CT molecular complexity index is 1560. The van der Waals surface area contributed by atoms with Crippen LogP contribution in [0.25, 0.3) is 22.1 Å². The van der Waals surface area contributed by atoms with Gasteiger partial charge in [-0.2, -0.15) is 13.2 Å². The molecule has 9 nitrogen and oxygen atoms in total. The molecule has 0 aliphatic carbocycles. The molecule has 0 saturated carbocycles. The third-order valence-corrected chi connectivity index (χ3v) is 5.50. The lowest BCUT2D eigenvalue weighted by Crippen LogP contribution is -2.34. The minimum atomic E-state index is -4.72. The van der Waals surface area contributed by atoms with Gasteiger partial charge in [-0.15, -0.1) is 0 Å². The predicted octanol–water partition coefficient (Wildman–Crippen LogP) is 4.52. The highest BCUT2D eigenvalue weighted by Crippen LogP contribution is 2.33. The van der Waals surface area contributed by atoms with Gasteiger partial charge in [0.15, 0.2) is 17.3 Å². The number of hydrogen-bond acceptors (Lipinski definition) is 7. The maximum atomic E-state index is 13.8. The highest BCUT2D eigenvalue weighted by atomic mass is 19.4. The van der Waals surface area contributed by atoms with E-state index in [1.807, 2.05) is 6.92 Å². The molecule has 178 valence electrons. The first-order valence-corrected chi connectivity index (χ1v) is 10.7. The molecule has 3 N–H and O–H groups in total. The van der Waals surface area contributed by atoms with Gasteiger partial charge in [-0.25, -0.2) is 24.6 Å². The number of benzene rings is 2. The fourth-order valence-electron chi connectivity index (χ4n) is 3.86. The minimum absolute atomic E-state index is 0.0550. The number of anilines is 2. The number of aromatic nitrogens is 6. The zero-order valence-electron chi connectivity index (χ0n) is 18.3. The van der Waals surface area contributed by atoms with Gasteiger partial charge in [-0.1, -0.05) is 31.2 Å². The van der Waals surface area contributed by atoms with Crippen molar-refractivity contribution >= 4 is 33.6 Å². The zero-order valence-corrected chi connectivity index (χ0v) is 18.3. The smallest absolute Gasteiger partial charge is 0.358 e. The van der Waals surface area contributed by atoms with Crippen molar-refractivity contribution in [3.05, 3.63) is 82.9 Å². The van der Waals surface area contributed by atoms with Crippen LogP contribution in [0.1, 0.15) is 30.8 Å². The number of hydrogen-bond donors (Lipinski definition) is 3. The molecule has 12 heteroatoms. The van der Waals surface area contributed by atoms with Gasteiger partial charge in [-0.05, 0) is 30.7 Å². The van der Waals surface area contributed by atoms with Gasteiger partial charge in [-0.3, -0.25) is 10.2 Å². The van der Waals surface area contributed by atoms with E-state index < -0.39 is 28.7 Å². The highest BCUT2D eigenvalue weighted by Gasteiger charge is 2.35. The molecule has 5 rings (SSSR count). The fraction of sp³-hybridized carbons (Fsp3) is 0.174. The molecule has 0 bridgehead atoms. The van der Waals surface area contributed by atoms with E-state index in [1.165, 1.54) is 24.8 Å². The largest absolute Gasteiger partial charge is 0.417 e. The van der Waals surface area contributed by atoms with Crippen LogP contribution in [0.15, 0.2) is 66.0 Å². The lowest BCUT2D eigenvalue weighted by Gasteiger charge is -2.23. The van der Waals surface area contributed by atoms with Gasteiger partial charge in [0.05, 0.1) is 34.5 Å². The molecule has 3 heterocycles. The average Bonchev–Trinajstić information content (AvgIpc) is 3.34. The summed E-state index contributed by atoms with van der Waals surface area (Å²) in [6, 6.07) is 11.6. The van der Waals surface area contributed by atoms with Crippen molar-refractivity contribution in [1.29, 1.82) is 0 Å². The second-order valence-corrected chi connectivity index (χ2v) is 7.71. The lowest BCUT2D eigenvalue weighted by molar-refractivity contribution is -0.136. The number of halogens is 3. The van der Waals surface area contributed by atoms with Gasteiger partial charge < -0.3 is 10.3 Å². The minimum Gasteiger partial charge on any atom is -0.358 e. The standard InChI is InChI=1S/C23H19F3N8O/c1-2-15(31-20-18-19(28-11-27-18)29-12-30-20)21-32-16-10-6-9-14(23(24,25)26)17(16)22(35)34(21)33-13-7-4-3-5-8-13/h3-12,15,33H,2H2,1H3,(H2,27,28,29,30,31). The molecule has 5 aromatic rings. The van der Waals surface area contributed by atoms with Crippen molar-refractivity contribution in [2.45, 2.75) is 25.6 Å². The van der Waals surface area contributed by atoms with Crippen molar-refractivity contribution in [2.24, 2.45) is 0 Å². The van der Waals surface area contributed by atoms with Gasteiger partial charge in [0.2, 0.25) is 0 Å². The molecular weight excluding hydrogens is 461 g/mol. The normalized spacial score (nSPS) is 12.7. The monoisotopic (exact) mass is 480 g/mol. The van der Waals surface area contributed by atoms with Crippen LogP contribution < -0.4 is 16.3 Å². The van der Waals surface area contributed by atoms with Gasteiger partial charge in [0.25, 0.3) is 5.56 Å². The third kappa shape index (κ3) is 4.14. The van der Waals surface area contributed by atoms with Crippen LogP contribution in [0.4, 0.5) is 24.7 Å². The number of para-hydroxylation sites is 1. The molecule has 0 aliphatic rings. The molecule has 2 aromatic carbocycles. The summed E-state index contributed by atoms with van der Waals surface area (Å²) >= 11 is 0. The van der Waals surface area contributed by atoms with E-state index in [2.05, 4.69) is 35.7 Å². The average molecular weight is 480 g/mol.